The minimum atomic E-state index is 0.119. The molecule has 1 saturated heterocycles. The van der Waals surface area contributed by atoms with Crippen LogP contribution < -0.4 is 0 Å². The lowest BCUT2D eigenvalue weighted by Crippen LogP contribution is -2.50. The zero-order chi connectivity index (χ0) is 21.3. The predicted octanol–water partition coefficient (Wildman–Crippen LogP) is 8.63. The van der Waals surface area contributed by atoms with Gasteiger partial charge in [0, 0.05) is 6.92 Å². The molecular weight excluding hydrogens is 354 g/mol. The molecule has 174 valence electrons. The van der Waals surface area contributed by atoms with Crippen molar-refractivity contribution in [2.45, 2.75) is 148 Å². The second-order valence-electron chi connectivity index (χ2n) is 10.6. The maximum absolute atomic E-state index is 5.63. The summed E-state index contributed by atoms with van der Waals surface area (Å²) in [5.41, 5.74) is 0.119. The summed E-state index contributed by atoms with van der Waals surface area (Å²) in [6, 6.07) is 0. The van der Waals surface area contributed by atoms with Crippen molar-refractivity contribution in [3.8, 4) is 0 Å². The van der Waals surface area contributed by atoms with Crippen molar-refractivity contribution in [2.75, 3.05) is 27.2 Å². The quantitative estimate of drug-likeness (QED) is 0.0988. The maximum atomic E-state index is 5.63. The number of likely N-dealkylation sites (N-methyl/N-ethyl adjacent to an activating group) is 1. The molecule has 0 aliphatic carbocycles. The maximum Gasteiger partial charge on any atom is 0.224 e. The smallest absolute Gasteiger partial charge is 0.224 e. The second kappa shape index (κ2) is 16.6. The molecule has 0 bridgehead atoms. The van der Waals surface area contributed by atoms with Gasteiger partial charge in [-0.05, 0) is 12.8 Å². The first kappa shape index (κ1) is 27.0. The molecule has 0 N–H and O–H groups in total. The average molecular weight is 411 g/mol. The van der Waals surface area contributed by atoms with Crippen molar-refractivity contribution in [2.24, 2.45) is 0 Å². The molecule has 1 atom stereocenters. The van der Waals surface area contributed by atoms with Crippen LogP contribution in [-0.4, -0.2) is 37.5 Å². The van der Waals surface area contributed by atoms with Gasteiger partial charge in [0.25, 0.3) is 0 Å². The Morgan fingerprint density at radius 2 is 0.828 bits per heavy atom. The van der Waals surface area contributed by atoms with Crippen LogP contribution in [0.25, 0.3) is 0 Å². The molecule has 2 nitrogen and oxygen atoms in total. The van der Waals surface area contributed by atoms with E-state index in [1.54, 1.807) is 0 Å². The van der Waals surface area contributed by atoms with Crippen LogP contribution in [0.15, 0.2) is 0 Å². The van der Waals surface area contributed by atoms with E-state index < -0.39 is 0 Å². The van der Waals surface area contributed by atoms with Gasteiger partial charge in [-0.2, -0.15) is 0 Å². The van der Waals surface area contributed by atoms with Crippen molar-refractivity contribution in [1.29, 1.82) is 0 Å². The summed E-state index contributed by atoms with van der Waals surface area (Å²) in [4.78, 5) is 0. The van der Waals surface area contributed by atoms with Crippen molar-refractivity contribution in [1.82, 2.24) is 0 Å². The van der Waals surface area contributed by atoms with Gasteiger partial charge in [0.05, 0.1) is 20.6 Å². The zero-order valence-corrected chi connectivity index (χ0v) is 20.9. The molecule has 0 aromatic carbocycles. The Kier molecular flexibility index (Phi) is 15.4. The molecule has 0 saturated carbocycles. The molecule has 1 aliphatic rings. The average Bonchev–Trinajstić information content (AvgIpc) is 3.46. The van der Waals surface area contributed by atoms with Crippen LogP contribution in [0, 0.1) is 0 Å². The van der Waals surface area contributed by atoms with Gasteiger partial charge in [-0.15, -0.1) is 0 Å². The van der Waals surface area contributed by atoms with Gasteiger partial charge in [-0.3, -0.25) is 4.48 Å². The lowest BCUT2D eigenvalue weighted by atomic mass is 10.0. The van der Waals surface area contributed by atoms with Crippen molar-refractivity contribution >= 4 is 0 Å². The van der Waals surface area contributed by atoms with Crippen LogP contribution in [0.2, 0.25) is 0 Å². The highest BCUT2D eigenvalue weighted by Gasteiger charge is 2.53. The Labute approximate surface area is 184 Å². The molecule has 1 aliphatic heterocycles. The van der Waals surface area contributed by atoms with E-state index in [9.17, 15) is 0 Å². The standard InChI is InChI=1S/C27H56NO/c1-5-6-7-8-9-10-11-12-13-14-15-16-17-18-19-20-21-22-23-24-25-28(3,4)27(2)26-29-27/h5-26H2,1-4H3/q+1. The number of hydrogen-bond acceptors (Lipinski definition) is 1. The van der Waals surface area contributed by atoms with E-state index in [1.165, 1.54) is 135 Å². The Morgan fingerprint density at radius 1 is 0.552 bits per heavy atom. The summed E-state index contributed by atoms with van der Waals surface area (Å²) < 4.78 is 6.66. The predicted molar refractivity (Wildman–Crippen MR) is 129 cm³/mol. The van der Waals surface area contributed by atoms with Crippen molar-refractivity contribution in [3.05, 3.63) is 0 Å². The van der Waals surface area contributed by atoms with E-state index >= 15 is 0 Å². The first-order valence-electron chi connectivity index (χ1n) is 13.5. The SMILES string of the molecule is CCCCCCCCCCCCCCCCCCCCCC[N+](C)(C)C1(C)CO1. The van der Waals surface area contributed by atoms with Crippen molar-refractivity contribution in [3.63, 3.8) is 0 Å². The summed E-state index contributed by atoms with van der Waals surface area (Å²) in [6.45, 7) is 6.76. The molecular formula is C27H56NO+. The Morgan fingerprint density at radius 3 is 1.10 bits per heavy atom. The summed E-state index contributed by atoms with van der Waals surface area (Å²) in [5.74, 6) is 0. The van der Waals surface area contributed by atoms with Gasteiger partial charge >= 0.3 is 0 Å². The van der Waals surface area contributed by atoms with Crippen molar-refractivity contribution < 1.29 is 9.22 Å². The summed E-state index contributed by atoms with van der Waals surface area (Å²) in [7, 11) is 4.64. The van der Waals surface area contributed by atoms with Gasteiger partial charge in [0.1, 0.15) is 6.61 Å². The first-order valence-corrected chi connectivity index (χ1v) is 13.5. The Balaban J connectivity index is 1.69. The van der Waals surface area contributed by atoms with Gasteiger partial charge in [0.2, 0.25) is 5.72 Å². The van der Waals surface area contributed by atoms with Crippen LogP contribution in [0.4, 0.5) is 0 Å². The summed E-state index contributed by atoms with van der Waals surface area (Å²) in [6.07, 6.45) is 29.1. The second-order valence-corrected chi connectivity index (χ2v) is 10.6. The fourth-order valence-electron chi connectivity index (χ4n) is 4.45. The summed E-state index contributed by atoms with van der Waals surface area (Å²) >= 11 is 0. The number of quaternary nitrogens is 1. The number of rotatable bonds is 22. The number of unbranched alkanes of at least 4 members (excludes halogenated alkanes) is 19. The van der Waals surface area contributed by atoms with E-state index in [1.807, 2.05) is 0 Å². The van der Waals surface area contributed by atoms with Gasteiger partial charge in [-0.25, -0.2) is 0 Å². The molecule has 0 spiro atoms. The highest BCUT2D eigenvalue weighted by Crippen LogP contribution is 2.35. The van der Waals surface area contributed by atoms with Gasteiger partial charge in [-0.1, -0.05) is 122 Å². The largest absolute Gasteiger partial charge is 0.316 e. The lowest BCUT2D eigenvalue weighted by Gasteiger charge is -2.33. The monoisotopic (exact) mass is 410 g/mol. The summed E-state index contributed by atoms with van der Waals surface area (Å²) in [5, 5.41) is 0. The van der Waals surface area contributed by atoms with Gasteiger partial charge in [0.15, 0.2) is 0 Å². The zero-order valence-electron chi connectivity index (χ0n) is 20.9. The molecule has 0 radical (unpaired) electrons. The normalized spacial score (nSPS) is 19.0. The van der Waals surface area contributed by atoms with E-state index in [4.69, 9.17) is 4.74 Å². The number of hydrogen-bond donors (Lipinski definition) is 0. The molecule has 0 aromatic heterocycles. The minimum Gasteiger partial charge on any atom is -0.316 e. The molecule has 1 unspecified atom stereocenters. The molecule has 1 rings (SSSR count). The third-order valence-electron chi connectivity index (χ3n) is 7.41. The minimum absolute atomic E-state index is 0.119. The van der Waals surface area contributed by atoms with Gasteiger partial charge < -0.3 is 4.74 Å². The van der Waals surface area contributed by atoms with Crippen LogP contribution in [0.1, 0.15) is 142 Å². The Hall–Kier alpha value is -0.0800. The molecule has 0 aromatic rings. The fraction of sp³-hybridized carbons (Fsp3) is 1.00. The third-order valence-corrected chi connectivity index (χ3v) is 7.41. The van der Waals surface area contributed by atoms with Crippen LogP contribution in [0.3, 0.4) is 0 Å². The number of ether oxygens (including phenoxy) is 1. The van der Waals surface area contributed by atoms with E-state index in [-0.39, 0.29) is 5.72 Å². The van der Waals surface area contributed by atoms with Crippen LogP contribution >= 0.6 is 0 Å². The molecule has 2 heteroatoms. The highest BCUT2D eigenvalue weighted by atomic mass is 16.6. The van der Waals surface area contributed by atoms with E-state index in [2.05, 4.69) is 27.9 Å². The fourth-order valence-corrected chi connectivity index (χ4v) is 4.45. The van der Waals surface area contributed by atoms with E-state index in [0.29, 0.717) is 0 Å². The molecule has 0 amide bonds. The topological polar surface area (TPSA) is 12.5 Å². The first-order chi connectivity index (χ1) is 14.0. The van der Waals surface area contributed by atoms with E-state index in [0.717, 1.165) is 11.1 Å². The van der Waals surface area contributed by atoms with Crippen LogP contribution in [0.5, 0.6) is 0 Å². The third kappa shape index (κ3) is 13.8. The number of nitrogens with zero attached hydrogens (tertiary/aromatic N) is 1. The lowest BCUT2D eigenvalue weighted by molar-refractivity contribution is -0.935. The Bertz CT molecular complexity index is 362. The molecule has 29 heavy (non-hydrogen) atoms. The van der Waals surface area contributed by atoms with Crippen LogP contribution in [-0.2, 0) is 4.74 Å². The highest BCUT2D eigenvalue weighted by molar-refractivity contribution is 4.75. The molecule has 1 heterocycles. The molecule has 1 fully saturated rings. The number of epoxide rings is 1.